The number of para-hydroxylation sites is 2. The summed E-state index contributed by atoms with van der Waals surface area (Å²) in [6.45, 7) is 3.78. The van der Waals surface area contributed by atoms with Crippen LogP contribution in [0.2, 0.25) is 5.02 Å². The zero-order valence-electron chi connectivity index (χ0n) is 12.5. The van der Waals surface area contributed by atoms with Gasteiger partial charge in [0.25, 0.3) is 5.91 Å². The summed E-state index contributed by atoms with van der Waals surface area (Å²) in [6.07, 6.45) is 0.0309. The first-order chi connectivity index (χ1) is 10.5. The Kier molecular flexibility index (Phi) is 5.67. The molecule has 4 nitrogen and oxygen atoms in total. The van der Waals surface area contributed by atoms with Crippen molar-refractivity contribution in [2.75, 3.05) is 11.9 Å². The Bertz CT molecular complexity index is 626. The Morgan fingerprint density at radius 2 is 1.82 bits per heavy atom. The number of carbonyl (C=O) groups is 1. The van der Waals surface area contributed by atoms with Gasteiger partial charge in [0.05, 0.1) is 11.8 Å². The highest BCUT2D eigenvalue weighted by atomic mass is 35.5. The van der Waals surface area contributed by atoms with Crippen LogP contribution in [0.4, 0.5) is 5.69 Å². The number of nitrogens with one attached hydrogen (secondary N) is 1. The van der Waals surface area contributed by atoms with Crippen molar-refractivity contribution in [2.45, 2.75) is 20.0 Å². The van der Waals surface area contributed by atoms with Gasteiger partial charge in [-0.25, -0.2) is 0 Å². The lowest BCUT2D eigenvalue weighted by Crippen LogP contribution is -2.21. The van der Waals surface area contributed by atoms with E-state index in [-0.39, 0.29) is 18.6 Å². The number of amides is 1. The minimum atomic E-state index is -0.255. The SMILES string of the molecule is CC(C)Oc1ccccc1NC(=O)COc1ccc(Cl)cc1. The Morgan fingerprint density at radius 1 is 1.14 bits per heavy atom. The standard InChI is InChI=1S/C17H18ClNO3/c1-12(2)22-16-6-4-3-5-15(16)19-17(20)11-21-14-9-7-13(18)8-10-14/h3-10,12H,11H2,1-2H3,(H,19,20). The first kappa shape index (κ1) is 16.2. The fraction of sp³-hybridized carbons (Fsp3) is 0.235. The minimum Gasteiger partial charge on any atom is -0.489 e. The molecule has 1 amide bonds. The summed E-state index contributed by atoms with van der Waals surface area (Å²) in [5.41, 5.74) is 0.626. The normalized spacial score (nSPS) is 10.4. The predicted molar refractivity (Wildman–Crippen MR) is 87.8 cm³/mol. The van der Waals surface area contributed by atoms with Crippen molar-refractivity contribution in [1.82, 2.24) is 0 Å². The van der Waals surface area contributed by atoms with Crippen LogP contribution >= 0.6 is 11.6 Å². The summed E-state index contributed by atoms with van der Waals surface area (Å²) in [4.78, 5) is 12.0. The molecule has 0 saturated carbocycles. The molecule has 0 aromatic heterocycles. The van der Waals surface area contributed by atoms with Gasteiger partial charge >= 0.3 is 0 Å². The molecule has 0 aliphatic rings. The third kappa shape index (κ3) is 4.97. The quantitative estimate of drug-likeness (QED) is 0.870. The molecule has 0 atom stereocenters. The summed E-state index contributed by atoms with van der Waals surface area (Å²) in [6, 6.07) is 14.1. The monoisotopic (exact) mass is 319 g/mol. The van der Waals surface area contributed by atoms with Gasteiger partial charge in [-0.05, 0) is 50.2 Å². The molecule has 0 unspecified atom stereocenters. The van der Waals surface area contributed by atoms with Crippen LogP contribution in [-0.2, 0) is 4.79 Å². The summed E-state index contributed by atoms with van der Waals surface area (Å²) in [5, 5.41) is 3.40. The van der Waals surface area contributed by atoms with Gasteiger partial charge in [0.1, 0.15) is 11.5 Å². The van der Waals surface area contributed by atoms with Gasteiger partial charge in [0, 0.05) is 5.02 Å². The van der Waals surface area contributed by atoms with Crippen molar-refractivity contribution in [3.8, 4) is 11.5 Å². The van der Waals surface area contributed by atoms with E-state index < -0.39 is 0 Å². The van der Waals surface area contributed by atoms with Crippen molar-refractivity contribution in [2.24, 2.45) is 0 Å². The molecule has 0 spiro atoms. The van der Waals surface area contributed by atoms with E-state index in [0.29, 0.717) is 22.2 Å². The largest absolute Gasteiger partial charge is 0.489 e. The number of rotatable bonds is 6. The zero-order valence-corrected chi connectivity index (χ0v) is 13.3. The summed E-state index contributed by atoms with van der Waals surface area (Å²) in [7, 11) is 0. The number of hydrogen-bond donors (Lipinski definition) is 1. The van der Waals surface area contributed by atoms with Crippen molar-refractivity contribution in [3.05, 3.63) is 53.6 Å². The van der Waals surface area contributed by atoms with E-state index in [4.69, 9.17) is 21.1 Å². The molecule has 2 aromatic carbocycles. The lowest BCUT2D eigenvalue weighted by Gasteiger charge is -2.15. The number of hydrogen-bond acceptors (Lipinski definition) is 3. The highest BCUT2D eigenvalue weighted by Crippen LogP contribution is 2.24. The molecule has 0 bridgehead atoms. The van der Waals surface area contributed by atoms with Crippen LogP contribution in [0.1, 0.15) is 13.8 Å². The Balaban J connectivity index is 1.93. The highest BCUT2D eigenvalue weighted by Gasteiger charge is 2.09. The maximum atomic E-state index is 12.0. The van der Waals surface area contributed by atoms with Crippen molar-refractivity contribution in [1.29, 1.82) is 0 Å². The van der Waals surface area contributed by atoms with Crippen LogP contribution in [0.15, 0.2) is 48.5 Å². The van der Waals surface area contributed by atoms with E-state index in [1.54, 1.807) is 30.3 Å². The van der Waals surface area contributed by atoms with Crippen LogP contribution < -0.4 is 14.8 Å². The Labute approximate surface area is 135 Å². The first-order valence-electron chi connectivity index (χ1n) is 6.98. The average Bonchev–Trinajstić information content (AvgIpc) is 2.48. The van der Waals surface area contributed by atoms with E-state index in [1.165, 1.54) is 0 Å². The summed E-state index contributed by atoms with van der Waals surface area (Å²) < 4.78 is 11.1. The van der Waals surface area contributed by atoms with Gasteiger partial charge in [-0.3, -0.25) is 4.79 Å². The molecular weight excluding hydrogens is 302 g/mol. The van der Waals surface area contributed by atoms with Gasteiger partial charge in [0.2, 0.25) is 0 Å². The van der Waals surface area contributed by atoms with Crippen molar-refractivity contribution < 1.29 is 14.3 Å². The number of ether oxygens (including phenoxy) is 2. The molecule has 0 aliphatic heterocycles. The van der Waals surface area contributed by atoms with Crippen molar-refractivity contribution >= 4 is 23.2 Å². The van der Waals surface area contributed by atoms with Gasteiger partial charge in [0.15, 0.2) is 6.61 Å². The molecule has 1 N–H and O–H groups in total. The van der Waals surface area contributed by atoms with E-state index >= 15 is 0 Å². The van der Waals surface area contributed by atoms with E-state index in [0.717, 1.165) is 0 Å². The summed E-state index contributed by atoms with van der Waals surface area (Å²) in [5.74, 6) is 0.971. The number of benzene rings is 2. The lowest BCUT2D eigenvalue weighted by molar-refractivity contribution is -0.118. The van der Waals surface area contributed by atoms with E-state index in [9.17, 15) is 4.79 Å². The van der Waals surface area contributed by atoms with Gasteiger partial charge in [-0.15, -0.1) is 0 Å². The van der Waals surface area contributed by atoms with Crippen molar-refractivity contribution in [3.63, 3.8) is 0 Å². The van der Waals surface area contributed by atoms with E-state index in [1.807, 2.05) is 32.0 Å². The predicted octanol–water partition coefficient (Wildman–Crippen LogP) is 4.14. The number of anilines is 1. The fourth-order valence-corrected chi connectivity index (χ4v) is 1.92. The third-order valence-electron chi connectivity index (χ3n) is 2.71. The zero-order chi connectivity index (χ0) is 15.9. The van der Waals surface area contributed by atoms with Gasteiger partial charge < -0.3 is 14.8 Å². The van der Waals surface area contributed by atoms with Crippen LogP contribution in [0, 0.1) is 0 Å². The highest BCUT2D eigenvalue weighted by molar-refractivity contribution is 6.30. The number of halogens is 1. The lowest BCUT2D eigenvalue weighted by atomic mass is 10.3. The second-order valence-electron chi connectivity index (χ2n) is 4.95. The second kappa shape index (κ2) is 7.71. The van der Waals surface area contributed by atoms with Gasteiger partial charge in [-0.1, -0.05) is 23.7 Å². The molecule has 0 fully saturated rings. The molecular formula is C17H18ClNO3. The Hall–Kier alpha value is -2.20. The third-order valence-corrected chi connectivity index (χ3v) is 2.96. The van der Waals surface area contributed by atoms with Crippen LogP contribution in [0.5, 0.6) is 11.5 Å². The maximum absolute atomic E-state index is 12.0. The second-order valence-corrected chi connectivity index (χ2v) is 5.39. The van der Waals surface area contributed by atoms with Crippen LogP contribution in [0.25, 0.3) is 0 Å². The molecule has 22 heavy (non-hydrogen) atoms. The molecule has 2 rings (SSSR count). The van der Waals surface area contributed by atoms with Gasteiger partial charge in [-0.2, -0.15) is 0 Å². The topological polar surface area (TPSA) is 47.6 Å². The van der Waals surface area contributed by atoms with Crippen LogP contribution in [-0.4, -0.2) is 18.6 Å². The molecule has 0 saturated heterocycles. The Morgan fingerprint density at radius 3 is 2.50 bits per heavy atom. The molecule has 116 valence electrons. The summed E-state index contributed by atoms with van der Waals surface area (Å²) >= 11 is 5.79. The molecule has 2 aromatic rings. The molecule has 5 heteroatoms. The fourth-order valence-electron chi connectivity index (χ4n) is 1.79. The minimum absolute atomic E-state index is 0.0309. The average molecular weight is 320 g/mol. The molecule has 0 radical (unpaired) electrons. The molecule has 0 aliphatic carbocycles. The first-order valence-corrected chi connectivity index (χ1v) is 7.36. The smallest absolute Gasteiger partial charge is 0.262 e. The van der Waals surface area contributed by atoms with E-state index in [2.05, 4.69) is 5.32 Å². The maximum Gasteiger partial charge on any atom is 0.262 e. The van der Waals surface area contributed by atoms with Crippen LogP contribution in [0.3, 0.4) is 0 Å². The number of carbonyl (C=O) groups excluding carboxylic acids is 1. The molecule has 0 heterocycles.